The van der Waals surface area contributed by atoms with Gasteiger partial charge in [0.05, 0.1) is 12.6 Å². The molecule has 0 aliphatic rings. The summed E-state index contributed by atoms with van der Waals surface area (Å²) in [7, 11) is 0. The maximum atomic E-state index is 10.9. The average Bonchev–Trinajstić information content (AvgIpc) is 1.83. The molecule has 0 aromatic carbocycles. The van der Waals surface area contributed by atoms with Gasteiger partial charge < -0.3 is 11.5 Å². The molecule has 1 atom stereocenters. The molecule has 0 fully saturated rings. The van der Waals surface area contributed by atoms with E-state index in [0.29, 0.717) is 0 Å². The van der Waals surface area contributed by atoms with Crippen molar-refractivity contribution in [2.24, 2.45) is 16.9 Å². The standard InChI is InChI=1S/C7H16N2O/c1-7(2,3)6(9)5(10)4-8/h6H,4,8-9H2,1-3H3/t6-/m1/s1. The van der Waals surface area contributed by atoms with E-state index in [9.17, 15) is 4.79 Å². The van der Waals surface area contributed by atoms with Gasteiger partial charge in [-0.3, -0.25) is 4.79 Å². The summed E-state index contributed by atoms with van der Waals surface area (Å²) in [6, 6.07) is -0.433. The van der Waals surface area contributed by atoms with Crippen LogP contribution < -0.4 is 11.5 Å². The maximum absolute atomic E-state index is 10.9. The Morgan fingerprint density at radius 1 is 1.50 bits per heavy atom. The first-order valence-electron chi connectivity index (χ1n) is 3.38. The predicted octanol–water partition coefficient (Wildman–Crippen LogP) is -0.112. The molecule has 0 aliphatic carbocycles. The number of hydrogen-bond acceptors (Lipinski definition) is 3. The molecule has 60 valence electrons. The molecule has 0 saturated heterocycles. The van der Waals surface area contributed by atoms with E-state index < -0.39 is 6.04 Å². The number of hydrogen-bond donors (Lipinski definition) is 2. The van der Waals surface area contributed by atoms with Crippen LogP contribution in [0.15, 0.2) is 0 Å². The summed E-state index contributed by atoms with van der Waals surface area (Å²) in [5, 5.41) is 0. The van der Waals surface area contributed by atoms with Crippen molar-refractivity contribution >= 4 is 5.78 Å². The Morgan fingerprint density at radius 2 is 1.90 bits per heavy atom. The van der Waals surface area contributed by atoms with Gasteiger partial charge in [0.25, 0.3) is 0 Å². The first kappa shape index (κ1) is 9.59. The van der Waals surface area contributed by atoms with Crippen molar-refractivity contribution in [2.75, 3.05) is 6.54 Å². The van der Waals surface area contributed by atoms with Gasteiger partial charge in [0.15, 0.2) is 5.78 Å². The Balaban J connectivity index is 4.08. The monoisotopic (exact) mass is 144 g/mol. The van der Waals surface area contributed by atoms with Crippen LogP contribution in [0.3, 0.4) is 0 Å². The number of carbonyl (C=O) groups is 1. The van der Waals surface area contributed by atoms with Crippen LogP contribution in [0.1, 0.15) is 20.8 Å². The van der Waals surface area contributed by atoms with Crippen LogP contribution in [0.2, 0.25) is 0 Å². The minimum atomic E-state index is -0.433. The molecule has 0 amide bonds. The Labute approximate surface area is 61.8 Å². The lowest BCUT2D eigenvalue weighted by molar-refractivity contribution is -0.121. The molecule has 3 heteroatoms. The van der Waals surface area contributed by atoms with Crippen LogP contribution in [0.25, 0.3) is 0 Å². The predicted molar refractivity (Wildman–Crippen MR) is 41.5 cm³/mol. The zero-order valence-corrected chi connectivity index (χ0v) is 6.85. The zero-order chi connectivity index (χ0) is 8.36. The quantitative estimate of drug-likeness (QED) is 0.568. The second-order valence-electron chi connectivity index (χ2n) is 3.51. The number of nitrogens with two attached hydrogens (primary N) is 2. The molecule has 0 aliphatic heterocycles. The molecule has 3 nitrogen and oxygen atoms in total. The molecule has 0 heterocycles. The Hall–Kier alpha value is -0.410. The lowest BCUT2D eigenvalue weighted by atomic mass is 9.85. The van der Waals surface area contributed by atoms with Crippen LogP contribution in [0.4, 0.5) is 0 Å². The third-order valence-electron chi connectivity index (χ3n) is 1.48. The second kappa shape index (κ2) is 3.12. The van der Waals surface area contributed by atoms with Crippen LogP contribution in [-0.4, -0.2) is 18.4 Å². The topological polar surface area (TPSA) is 69.1 Å². The van der Waals surface area contributed by atoms with Gasteiger partial charge in [0.2, 0.25) is 0 Å². The fourth-order valence-electron chi connectivity index (χ4n) is 0.610. The normalized spacial score (nSPS) is 14.9. The Morgan fingerprint density at radius 3 is 2.00 bits per heavy atom. The van der Waals surface area contributed by atoms with Gasteiger partial charge >= 0.3 is 0 Å². The highest BCUT2D eigenvalue weighted by Crippen LogP contribution is 2.17. The van der Waals surface area contributed by atoms with E-state index in [4.69, 9.17) is 11.5 Å². The number of Topliss-reactive ketones (excluding diaryl/α,β-unsaturated/α-hetero) is 1. The highest BCUT2D eigenvalue weighted by atomic mass is 16.1. The van der Waals surface area contributed by atoms with Crippen LogP contribution in [0, 0.1) is 5.41 Å². The molecule has 0 aromatic heterocycles. The summed E-state index contributed by atoms with van der Waals surface area (Å²) < 4.78 is 0. The highest BCUT2D eigenvalue weighted by molar-refractivity contribution is 5.86. The first-order valence-corrected chi connectivity index (χ1v) is 3.38. The largest absolute Gasteiger partial charge is 0.324 e. The molecular formula is C7H16N2O. The molecule has 0 unspecified atom stereocenters. The summed E-state index contributed by atoms with van der Waals surface area (Å²) in [4.78, 5) is 10.9. The van der Waals surface area contributed by atoms with Gasteiger partial charge in [-0.1, -0.05) is 20.8 Å². The van der Waals surface area contributed by atoms with Crippen molar-refractivity contribution in [3.8, 4) is 0 Å². The van der Waals surface area contributed by atoms with Crippen LogP contribution in [0.5, 0.6) is 0 Å². The molecule has 0 aromatic rings. The van der Waals surface area contributed by atoms with Gasteiger partial charge in [-0.25, -0.2) is 0 Å². The lowest BCUT2D eigenvalue weighted by Gasteiger charge is -2.24. The minimum absolute atomic E-state index is 0.0401. The van der Waals surface area contributed by atoms with Crippen LogP contribution in [-0.2, 0) is 4.79 Å². The van der Waals surface area contributed by atoms with Crippen molar-refractivity contribution in [1.29, 1.82) is 0 Å². The third-order valence-corrected chi connectivity index (χ3v) is 1.48. The van der Waals surface area contributed by atoms with Crippen LogP contribution >= 0.6 is 0 Å². The van der Waals surface area contributed by atoms with E-state index in [2.05, 4.69) is 0 Å². The molecule has 0 saturated carbocycles. The van der Waals surface area contributed by atoms with Gasteiger partial charge in [-0.2, -0.15) is 0 Å². The van der Waals surface area contributed by atoms with Crippen molar-refractivity contribution < 1.29 is 4.79 Å². The Bertz CT molecular complexity index is 126. The van der Waals surface area contributed by atoms with E-state index in [1.165, 1.54) is 0 Å². The van der Waals surface area contributed by atoms with Crippen molar-refractivity contribution in [2.45, 2.75) is 26.8 Å². The zero-order valence-electron chi connectivity index (χ0n) is 6.85. The number of ketones is 1. The smallest absolute Gasteiger partial charge is 0.163 e. The second-order valence-corrected chi connectivity index (χ2v) is 3.51. The fourth-order valence-corrected chi connectivity index (χ4v) is 0.610. The summed E-state index contributed by atoms with van der Waals surface area (Å²) in [6.45, 7) is 5.81. The fraction of sp³-hybridized carbons (Fsp3) is 0.857. The summed E-state index contributed by atoms with van der Waals surface area (Å²) >= 11 is 0. The summed E-state index contributed by atoms with van der Waals surface area (Å²) in [6.07, 6.45) is 0. The van der Waals surface area contributed by atoms with E-state index >= 15 is 0 Å². The number of rotatable bonds is 2. The lowest BCUT2D eigenvalue weighted by Crippen LogP contribution is -2.45. The first-order chi connectivity index (χ1) is 4.39. The minimum Gasteiger partial charge on any atom is -0.324 e. The van der Waals surface area contributed by atoms with Gasteiger partial charge in [0, 0.05) is 0 Å². The summed E-state index contributed by atoms with van der Waals surface area (Å²) in [5.74, 6) is -0.0764. The van der Waals surface area contributed by atoms with Gasteiger partial charge in [-0.05, 0) is 5.41 Å². The van der Waals surface area contributed by atoms with Gasteiger partial charge in [-0.15, -0.1) is 0 Å². The molecule has 0 spiro atoms. The average molecular weight is 144 g/mol. The SMILES string of the molecule is CC(C)(C)[C@H](N)C(=O)CN. The molecule has 10 heavy (non-hydrogen) atoms. The maximum Gasteiger partial charge on any atom is 0.163 e. The third kappa shape index (κ3) is 2.45. The van der Waals surface area contributed by atoms with Gasteiger partial charge in [0.1, 0.15) is 0 Å². The van der Waals surface area contributed by atoms with E-state index in [1.807, 2.05) is 20.8 Å². The highest BCUT2D eigenvalue weighted by Gasteiger charge is 2.25. The molecule has 0 radical (unpaired) electrons. The van der Waals surface area contributed by atoms with Crippen molar-refractivity contribution in [1.82, 2.24) is 0 Å². The Kier molecular flexibility index (Phi) is 2.99. The molecule has 0 rings (SSSR count). The van der Waals surface area contributed by atoms with E-state index in [-0.39, 0.29) is 17.7 Å². The number of carbonyl (C=O) groups excluding carboxylic acids is 1. The van der Waals surface area contributed by atoms with E-state index in [0.717, 1.165) is 0 Å². The molecule has 0 bridgehead atoms. The summed E-state index contributed by atoms with van der Waals surface area (Å²) in [5.41, 5.74) is 10.5. The molecule has 4 N–H and O–H groups in total. The van der Waals surface area contributed by atoms with E-state index in [1.54, 1.807) is 0 Å². The van der Waals surface area contributed by atoms with Crippen molar-refractivity contribution in [3.05, 3.63) is 0 Å². The molecular weight excluding hydrogens is 128 g/mol. The van der Waals surface area contributed by atoms with Crippen molar-refractivity contribution in [3.63, 3.8) is 0 Å².